The van der Waals surface area contributed by atoms with Crippen LogP contribution in [0, 0.1) is 0 Å². The van der Waals surface area contributed by atoms with Gasteiger partial charge in [0.1, 0.15) is 0 Å². The van der Waals surface area contributed by atoms with Crippen LogP contribution in [0.1, 0.15) is 33.1 Å². The standard InChI is InChI=1S/C12H26N2O/c1-10(9-11(2)15)14(4)12-5-7-13(3)8-6-12/h10-12,15H,5-9H2,1-4H3. The van der Waals surface area contributed by atoms with Crippen molar-refractivity contribution in [3.05, 3.63) is 0 Å². The SMILES string of the molecule is CC(O)CC(C)N(C)C1CCN(C)CC1. The lowest BCUT2D eigenvalue weighted by atomic mass is 10.0. The maximum absolute atomic E-state index is 9.38. The molecule has 3 heteroatoms. The van der Waals surface area contributed by atoms with Crippen LogP contribution in [-0.4, -0.2) is 60.3 Å². The Morgan fingerprint density at radius 1 is 1.33 bits per heavy atom. The molecule has 90 valence electrons. The molecule has 0 amide bonds. The zero-order chi connectivity index (χ0) is 11.4. The average Bonchev–Trinajstić information content (AvgIpc) is 2.17. The second kappa shape index (κ2) is 5.83. The second-order valence-electron chi connectivity index (χ2n) is 5.13. The first-order valence-electron chi connectivity index (χ1n) is 6.09. The molecular weight excluding hydrogens is 188 g/mol. The number of nitrogens with zero attached hydrogens (tertiary/aromatic N) is 2. The van der Waals surface area contributed by atoms with Gasteiger partial charge in [-0.3, -0.25) is 0 Å². The molecular formula is C12H26N2O. The van der Waals surface area contributed by atoms with Crippen molar-refractivity contribution in [2.24, 2.45) is 0 Å². The molecule has 3 nitrogen and oxygen atoms in total. The van der Waals surface area contributed by atoms with Gasteiger partial charge in [-0.05, 0) is 60.3 Å². The predicted octanol–water partition coefficient (Wildman–Crippen LogP) is 1.17. The van der Waals surface area contributed by atoms with Gasteiger partial charge in [-0.15, -0.1) is 0 Å². The van der Waals surface area contributed by atoms with Crippen molar-refractivity contribution < 1.29 is 5.11 Å². The summed E-state index contributed by atoms with van der Waals surface area (Å²) in [6.07, 6.45) is 3.21. The maximum Gasteiger partial charge on any atom is 0.0526 e. The van der Waals surface area contributed by atoms with Gasteiger partial charge in [-0.2, -0.15) is 0 Å². The zero-order valence-electron chi connectivity index (χ0n) is 10.6. The summed E-state index contributed by atoms with van der Waals surface area (Å²) in [6, 6.07) is 1.19. The highest BCUT2D eigenvalue weighted by molar-refractivity contribution is 4.80. The first-order valence-corrected chi connectivity index (χ1v) is 6.09. The Labute approximate surface area is 94.1 Å². The van der Waals surface area contributed by atoms with Crippen LogP contribution in [0.25, 0.3) is 0 Å². The van der Waals surface area contributed by atoms with Crippen molar-refractivity contribution in [1.29, 1.82) is 0 Å². The zero-order valence-corrected chi connectivity index (χ0v) is 10.6. The first-order chi connectivity index (χ1) is 7.00. The van der Waals surface area contributed by atoms with Gasteiger partial charge in [-0.25, -0.2) is 0 Å². The summed E-state index contributed by atoms with van der Waals surface area (Å²) in [5.74, 6) is 0. The third kappa shape index (κ3) is 4.09. The third-order valence-electron chi connectivity index (χ3n) is 3.64. The maximum atomic E-state index is 9.38. The Morgan fingerprint density at radius 2 is 1.87 bits per heavy atom. The lowest BCUT2D eigenvalue weighted by Crippen LogP contribution is -2.46. The summed E-state index contributed by atoms with van der Waals surface area (Å²) in [6.45, 7) is 6.50. The molecule has 0 aliphatic carbocycles. The van der Waals surface area contributed by atoms with E-state index in [9.17, 15) is 5.11 Å². The molecule has 2 unspecified atom stereocenters. The van der Waals surface area contributed by atoms with Gasteiger partial charge in [-0.1, -0.05) is 0 Å². The van der Waals surface area contributed by atoms with Gasteiger partial charge >= 0.3 is 0 Å². The van der Waals surface area contributed by atoms with E-state index in [4.69, 9.17) is 0 Å². The molecule has 1 fully saturated rings. The second-order valence-corrected chi connectivity index (χ2v) is 5.13. The molecule has 1 heterocycles. The largest absolute Gasteiger partial charge is 0.393 e. The Hall–Kier alpha value is -0.120. The summed E-state index contributed by atoms with van der Waals surface area (Å²) >= 11 is 0. The molecule has 1 saturated heterocycles. The number of piperidine rings is 1. The van der Waals surface area contributed by atoms with Crippen molar-refractivity contribution in [1.82, 2.24) is 9.80 Å². The summed E-state index contributed by atoms with van der Waals surface area (Å²) < 4.78 is 0. The van der Waals surface area contributed by atoms with E-state index in [1.165, 1.54) is 25.9 Å². The number of aliphatic hydroxyl groups excluding tert-OH is 1. The number of hydrogen-bond acceptors (Lipinski definition) is 3. The molecule has 1 aliphatic heterocycles. The van der Waals surface area contributed by atoms with E-state index in [-0.39, 0.29) is 6.10 Å². The Kier molecular flexibility index (Phi) is 5.03. The van der Waals surface area contributed by atoms with E-state index >= 15 is 0 Å². The molecule has 0 aromatic heterocycles. The van der Waals surface area contributed by atoms with Crippen LogP contribution in [0.3, 0.4) is 0 Å². The summed E-state index contributed by atoms with van der Waals surface area (Å²) in [7, 11) is 4.39. The predicted molar refractivity (Wildman–Crippen MR) is 64.0 cm³/mol. The lowest BCUT2D eigenvalue weighted by molar-refractivity contribution is 0.0802. The first kappa shape index (κ1) is 12.9. The minimum atomic E-state index is -0.186. The van der Waals surface area contributed by atoms with Crippen molar-refractivity contribution >= 4 is 0 Å². The van der Waals surface area contributed by atoms with E-state index in [0.29, 0.717) is 12.1 Å². The molecule has 1 N–H and O–H groups in total. The molecule has 1 aliphatic rings. The normalized spacial score (nSPS) is 24.4. The van der Waals surface area contributed by atoms with Gasteiger partial charge in [0.15, 0.2) is 0 Å². The molecule has 0 saturated carbocycles. The summed E-state index contributed by atoms with van der Waals surface area (Å²) in [5.41, 5.74) is 0. The monoisotopic (exact) mass is 214 g/mol. The van der Waals surface area contributed by atoms with Crippen molar-refractivity contribution in [3.8, 4) is 0 Å². The Morgan fingerprint density at radius 3 is 2.33 bits per heavy atom. The number of hydrogen-bond donors (Lipinski definition) is 1. The average molecular weight is 214 g/mol. The summed E-state index contributed by atoms with van der Waals surface area (Å²) in [5, 5.41) is 9.38. The van der Waals surface area contributed by atoms with E-state index in [2.05, 4.69) is 30.8 Å². The van der Waals surface area contributed by atoms with Crippen LogP contribution >= 0.6 is 0 Å². The van der Waals surface area contributed by atoms with Crippen molar-refractivity contribution in [2.45, 2.75) is 51.3 Å². The Balaban J connectivity index is 2.35. The fraction of sp³-hybridized carbons (Fsp3) is 1.00. The van der Waals surface area contributed by atoms with Crippen LogP contribution in [-0.2, 0) is 0 Å². The smallest absolute Gasteiger partial charge is 0.0526 e. The van der Waals surface area contributed by atoms with Crippen LogP contribution in [0.4, 0.5) is 0 Å². The van der Waals surface area contributed by atoms with E-state index in [1.807, 2.05) is 6.92 Å². The highest BCUT2D eigenvalue weighted by Gasteiger charge is 2.24. The molecule has 0 aromatic rings. The lowest BCUT2D eigenvalue weighted by Gasteiger charge is -2.38. The van der Waals surface area contributed by atoms with Crippen molar-refractivity contribution in [3.63, 3.8) is 0 Å². The number of aliphatic hydroxyl groups is 1. The van der Waals surface area contributed by atoms with Gasteiger partial charge in [0.05, 0.1) is 6.10 Å². The van der Waals surface area contributed by atoms with Crippen LogP contribution in [0.5, 0.6) is 0 Å². The fourth-order valence-corrected chi connectivity index (χ4v) is 2.42. The van der Waals surface area contributed by atoms with Gasteiger partial charge in [0.2, 0.25) is 0 Å². The van der Waals surface area contributed by atoms with Crippen molar-refractivity contribution in [2.75, 3.05) is 27.2 Å². The van der Waals surface area contributed by atoms with Crippen LogP contribution < -0.4 is 0 Å². The minimum absolute atomic E-state index is 0.186. The van der Waals surface area contributed by atoms with Gasteiger partial charge < -0.3 is 14.9 Å². The Bertz CT molecular complexity index is 176. The van der Waals surface area contributed by atoms with E-state index in [1.54, 1.807) is 0 Å². The quantitative estimate of drug-likeness (QED) is 0.761. The number of rotatable bonds is 4. The highest BCUT2D eigenvalue weighted by Crippen LogP contribution is 2.18. The molecule has 15 heavy (non-hydrogen) atoms. The van der Waals surface area contributed by atoms with Crippen LogP contribution in [0.15, 0.2) is 0 Å². The van der Waals surface area contributed by atoms with Crippen LogP contribution in [0.2, 0.25) is 0 Å². The molecule has 0 radical (unpaired) electrons. The molecule has 0 spiro atoms. The number of likely N-dealkylation sites (tertiary alicyclic amines) is 1. The highest BCUT2D eigenvalue weighted by atomic mass is 16.3. The molecule has 0 aromatic carbocycles. The molecule has 0 bridgehead atoms. The molecule has 1 rings (SSSR count). The third-order valence-corrected chi connectivity index (χ3v) is 3.64. The summed E-state index contributed by atoms with van der Waals surface area (Å²) in [4.78, 5) is 4.84. The van der Waals surface area contributed by atoms with Gasteiger partial charge in [0, 0.05) is 12.1 Å². The molecule has 2 atom stereocenters. The van der Waals surface area contributed by atoms with Gasteiger partial charge in [0.25, 0.3) is 0 Å². The fourth-order valence-electron chi connectivity index (χ4n) is 2.42. The topological polar surface area (TPSA) is 26.7 Å². The minimum Gasteiger partial charge on any atom is -0.393 e. The van der Waals surface area contributed by atoms with E-state index in [0.717, 1.165) is 6.42 Å². The van der Waals surface area contributed by atoms with E-state index < -0.39 is 0 Å².